The Morgan fingerprint density at radius 1 is 1.56 bits per heavy atom. The summed E-state index contributed by atoms with van der Waals surface area (Å²) in [7, 11) is -2.46. The molecule has 0 heterocycles. The van der Waals surface area contributed by atoms with Crippen LogP contribution in [0.2, 0.25) is 0 Å². The molecule has 0 aromatic carbocycles. The molecule has 1 aliphatic carbocycles. The van der Waals surface area contributed by atoms with Gasteiger partial charge in [0.2, 0.25) is 0 Å². The maximum Gasteiger partial charge on any atom is 0.402 e. The van der Waals surface area contributed by atoms with Crippen LogP contribution in [0, 0.1) is 0 Å². The standard InChI is InChI=1S/C4H10NO3P/c1-5(4-2-3-4)9(6,7)8/h4H,2-3H2,1H3,(H2,6,7,8). The van der Waals surface area contributed by atoms with Crippen LogP contribution in [0.3, 0.4) is 0 Å². The lowest BCUT2D eigenvalue weighted by Crippen LogP contribution is -2.16. The highest BCUT2D eigenvalue weighted by molar-refractivity contribution is 7.49. The molecule has 0 atom stereocenters. The lowest BCUT2D eigenvalue weighted by atomic mass is 10.7. The van der Waals surface area contributed by atoms with E-state index in [0.29, 0.717) is 0 Å². The summed E-state index contributed by atoms with van der Waals surface area (Å²) < 4.78 is 11.6. The van der Waals surface area contributed by atoms with Gasteiger partial charge in [-0.25, -0.2) is 9.24 Å². The molecule has 5 heteroatoms. The maximum absolute atomic E-state index is 10.4. The maximum atomic E-state index is 10.4. The van der Waals surface area contributed by atoms with Gasteiger partial charge in [0.05, 0.1) is 0 Å². The lowest BCUT2D eigenvalue weighted by Gasteiger charge is -2.15. The summed E-state index contributed by atoms with van der Waals surface area (Å²) in [6.07, 6.45) is 1.84. The van der Waals surface area contributed by atoms with Crippen molar-refractivity contribution in [2.24, 2.45) is 0 Å². The van der Waals surface area contributed by atoms with Gasteiger partial charge in [-0.05, 0) is 19.9 Å². The van der Waals surface area contributed by atoms with Crippen LogP contribution < -0.4 is 0 Å². The first kappa shape index (κ1) is 7.22. The van der Waals surface area contributed by atoms with Crippen LogP contribution in [-0.4, -0.2) is 27.5 Å². The monoisotopic (exact) mass is 151 g/mol. The van der Waals surface area contributed by atoms with E-state index in [1.807, 2.05) is 0 Å². The van der Waals surface area contributed by atoms with E-state index in [1.165, 1.54) is 7.05 Å². The minimum Gasteiger partial charge on any atom is -0.312 e. The number of hydrogen-bond acceptors (Lipinski definition) is 1. The van der Waals surface area contributed by atoms with Crippen molar-refractivity contribution >= 4 is 7.75 Å². The highest BCUT2D eigenvalue weighted by atomic mass is 31.2. The fourth-order valence-electron chi connectivity index (χ4n) is 0.661. The molecule has 0 saturated heterocycles. The van der Waals surface area contributed by atoms with Crippen LogP contribution in [0.4, 0.5) is 0 Å². The van der Waals surface area contributed by atoms with Crippen molar-refractivity contribution in [3.63, 3.8) is 0 Å². The molecule has 4 nitrogen and oxygen atoms in total. The Hall–Kier alpha value is 0.110. The molecule has 1 aliphatic rings. The number of hydrogen-bond donors (Lipinski definition) is 2. The Bertz CT molecular complexity index is 150. The highest BCUT2D eigenvalue weighted by Crippen LogP contribution is 2.45. The van der Waals surface area contributed by atoms with E-state index in [-0.39, 0.29) is 6.04 Å². The Morgan fingerprint density at radius 2 is 2.00 bits per heavy atom. The van der Waals surface area contributed by atoms with Gasteiger partial charge in [0, 0.05) is 6.04 Å². The molecule has 1 fully saturated rings. The zero-order chi connectivity index (χ0) is 7.07. The lowest BCUT2D eigenvalue weighted by molar-refractivity contribution is 0.288. The summed E-state index contributed by atoms with van der Waals surface area (Å²) in [4.78, 5) is 17.1. The van der Waals surface area contributed by atoms with E-state index in [4.69, 9.17) is 9.79 Å². The topological polar surface area (TPSA) is 60.8 Å². The third-order valence-corrected chi connectivity index (χ3v) is 2.63. The van der Waals surface area contributed by atoms with E-state index in [0.717, 1.165) is 17.5 Å². The number of rotatable bonds is 2. The first-order valence-electron chi connectivity index (χ1n) is 2.80. The molecule has 0 radical (unpaired) electrons. The van der Waals surface area contributed by atoms with Crippen LogP contribution in [0.5, 0.6) is 0 Å². The van der Waals surface area contributed by atoms with Gasteiger partial charge in [-0.15, -0.1) is 0 Å². The van der Waals surface area contributed by atoms with Gasteiger partial charge in [-0.2, -0.15) is 0 Å². The first-order valence-corrected chi connectivity index (χ1v) is 4.37. The van der Waals surface area contributed by atoms with Gasteiger partial charge in [0.15, 0.2) is 0 Å². The second kappa shape index (κ2) is 2.06. The molecule has 54 valence electrons. The zero-order valence-electron chi connectivity index (χ0n) is 5.19. The summed E-state index contributed by atoms with van der Waals surface area (Å²) in [6.45, 7) is 0. The van der Waals surface area contributed by atoms with Gasteiger partial charge >= 0.3 is 7.75 Å². The van der Waals surface area contributed by atoms with Crippen molar-refractivity contribution in [1.29, 1.82) is 0 Å². The fraction of sp³-hybridized carbons (Fsp3) is 1.00. The predicted octanol–water partition coefficient (Wildman–Crippen LogP) is 0.173. The second-order valence-corrected chi connectivity index (χ2v) is 3.98. The molecular formula is C4H10NO3P. The van der Waals surface area contributed by atoms with Gasteiger partial charge in [-0.3, -0.25) is 0 Å². The number of nitrogens with zero attached hydrogens (tertiary/aromatic N) is 1. The third-order valence-electron chi connectivity index (χ3n) is 1.49. The molecule has 0 aliphatic heterocycles. The quantitative estimate of drug-likeness (QED) is 0.552. The largest absolute Gasteiger partial charge is 0.402 e. The fourth-order valence-corrected chi connectivity index (χ4v) is 1.32. The molecule has 1 saturated carbocycles. The average Bonchev–Trinajstić information content (AvgIpc) is 2.40. The predicted molar refractivity (Wildman–Crippen MR) is 32.8 cm³/mol. The molecule has 2 N–H and O–H groups in total. The van der Waals surface area contributed by atoms with Gasteiger partial charge < -0.3 is 9.79 Å². The van der Waals surface area contributed by atoms with Crippen LogP contribution in [-0.2, 0) is 4.57 Å². The Balaban J connectivity index is 2.50. The Morgan fingerprint density at radius 3 is 2.11 bits per heavy atom. The molecule has 0 bridgehead atoms. The normalized spacial score (nSPS) is 20.9. The molecule has 9 heavy (non-hydrogen) atoms. The summed E-state index contributed by atoms with van der Waals surface area (Å²) in [5, 5.41) is 0. The van der Waals surface area contributed by atoms with Crippen LogP contribution in [0.15, 0.2) is 0 Å². The van der Waals surface area contributed by atoms with E-state index in [1.54, 1.807) is 0 Å². The van der Waals surface area contributed by atoms with Gasteiger partial charge in [-0.1, -0.05) is 0 Å². The molecular weight excluding hydrogens is 141 g/mol. The van der Waals surface area contributed by atoms with Crippen LogP contribution in [0.25, 0.3) is 0 Å². The molecule has 1 rings (SSSR count). The highest BCUT2D eigenvalue weighted by Gasteiger charge is 2.35. The average molecular weight is 151 g/mol. The van der Waals surface area contributed by atoms with E-state index in [2.05, 4.69) is 0 Å². The smallest absolute Gasteiger partial charge is 0.312 e. The molecule has 0 unspecified atom stereocenters. The van der Waals surface area contributed by atoms with Crippen LogP contribution >= 0.6 is 7.75 Å². The van der Waals surface area contributed by atoms with Crippen molar-refractivity contribution in [3.8, 4) is 0 Å². The molecule has 0 aromatic heterocycles. The van der Waals surface area contributed by atoms with Crippen molar-refractivity contribution in [2.45, 2.75) is 18.9 Å². The van der Waals surface area contributed by atoms with E-state index in [9.17, 15) is 4.57 Å². The summed E-state index contributed by atoms with van der Waals surface area (Å²) in [5.74, 6) is 0. The SMILES string of the molecule is CN(C1CC1)P(=O)(O)O. The van der Waals surface area contributed by atoms with E-state index < -0.39 is 7.75 Å². The molecule has 0 spiro atoms. The van der Waals surface area contributed by atoms with E-state index >= 15 is 0 Å². The van der Waals surface area contributed by atoms with Crippen LogP contribution in [0.1, 0.15) is 12.8 Å². The Labute approximate surface area is 53.7 Å². The first-order chi connectivity index (χ1) is 4.02. The van der Waals surface area contributed by atoms with Gasteiger partial charge in [0.25, 0.3) is 0 Å². The van der Waals surface area contributed by atoms with Crippen molar-refractivity contribution < 1.29 is 14.4 Å². The van der Waals surface area contributed by atoms with Crippen molar-refractivity contribution in [1.82, 2.24) is 4.67 Å². The van der Waals surface area contributed by atoms with Crippen molar-refractivity contribution in [3.05, 3.63) is 0 Å². The third kappa shape index (κ3) is 1.76. The molecule has 0 aromatic rings. The van der Waals surface area contributed by atoms with Gasteiger partial charge in [0.1, 0.15) is 0 Å². The Kier molecular flexibility index (Phi) is 1.65. The zero-order valence-corrected chi connectivity index (χ0v) is 6.08. The second-order valence-electron chi connectivity index (χ2n) is 2.32. The summed E-state index contributed by atoms with van der Waals surface area (Å²) >= 11 is 0. The minimum absolute atomic E-state index is 0.130. The summed E-state index contributed by atoms with van der Waals surface area (Å²) in [6, 6.07) is 0.130. The van der Waals surface area contributed by atoms with Crippen molar-refractivity contribution in [2.75, 3.05) is 7.05 Å². The minimum atomic E-state index is -3.92. The summed E-state index contributed by atoms with van der Waals surface area (Å²) in [5.41, 5.74) is 0. The molecule has 0 amide bonds.